The van der Waals surface area contributed by atoms with Gasteiger partial charge in [-0.25, -0.2) is 18.9 Å². The fourth-order valence-corrected chi connectivity index (χ4v) is 8.25. The lowest BCUT2D eigenvalue weighted by atomic mass is 9.97. The van der Waals surface area contributed by atoms with Crippen LogP contribution in [0.15, 0.2) is 48.8 Å². The molecule has 3 heterocycles. The summed E-state index contributed by atoms with van der Waals surface area (Å²) in [6.45, 7) is 1.85. The van der Waals surface area contributed by atoms with Crippen LogP contribution in [0.5, 0.6) is 5.75 Å². The SMILES string of the molecule is CNc1nc(N)nc2c1ncn2[C@@H]1O[C@]2(F)C(OP(=S)(N[C@H](C)C(=O)OC(C)C)Oc3cccc4ccccc34)[C@]2(O)[C@@]1(C)F. The molecule has 2 aliphatic rings. The van der Waals surface area contributed by atoms with E-state index >= 15 is 8.78 Å². The number of aromatic nitrogens is 4. The molecular formula is C28H32F2N7O6PS. The number of halogens is 2. The molecule has 2 unspecified atom stereocenters. The minimum absolute atomic E-state index is 0.0512. The molecule has 240 valence electrons. The van der Waals surface area contributed by atoms with Crippen LogP contribution in [0.25, 0.3) is 21.9 Å². The van der Waals surface area contributed by atoms with Crippen LogP contribution < -0.4 is 20.7 Å². The predicted molar refractivity (Wildman–Crippen MR) is 165 cm³/mol. The number of nitrogens with zero attached hydrogens (tertiary/aromatic N) is 4. The van der Waals surface area contributed by atoms with Gasteiger partial charge in [-0.05, 0) is 51.0 Å². The highest BCUT2D eigenvalue weighted by molar-refractivity contribution is 8.09. The Morgan fingerprint density at radius 3 is 2.58 bits per heavy atom. The molecule has 0 spiro atoms. The van der Waals surface area contributed by atoms with Gasteiger partial charge in [0.05, 0.1) is 12.4 Å². The third kappa shape index (κ3) is 4.91. The van der Waals surface area contributed by atoms with E-state index in [0.29, 0.717) is 5.39 Å². The summed E-state index contributed by atoms with van der Waals surface area (Å²) in [4.78, 5) is 25.1. The number of carbonyl (C=O) groups is 1. The lowest BCUT2D eigenvalue weighted by Gasteiger charge is -2.32. The van der Waals surface area contributed by atoms with Gasteiger partial charge in [0.15, 0.2) is 40.6 Å². The molecule has 17 heteroatoms. The summed E-state index contributed by atoms with van der Waals surface area (Å²) in [7, 11) is 1.59. The number of imidazole rings is 1. The Morgan fingerprint density at radius 2 is 1.91 bits per heavy atom. The second-order valence-electron chi connectivity index (χ2n) is 11.3. The summed E-state index contributed by atoms with van der Waals surface area (Å²) in [6, 6.07) is 11.4. The van der Waals surface area contributed by atoms with Crippen LogP contribution in [0.1, 0.15) is 33.9 Å². The molecule has 2 fully saturated rings. The van der Waals surface area contributed by atoms with E-state index in [1.807, 2.05) is 18.2 Å². The van der Waals surface area contributed by atoms with Gasteiger partial charge in [0, 0.05) is 12.4 Å². The molecule has 2 aromatic carbocycles. The predicted octanol–water partition coefficient (Wildman–Crippen LogP) is 3.89. The third-order valence-electron chi connectivity index (χ3n) is 7.84. The van der Waals surface area contributed by atoms with Crippen molar-refractivity contribution in [2.45, 2.75) is 69.3 Å². The van der Waals surface area contributed by atoms with E-state index in [1.165, 1.54) is 13.3 Å². The van der Waals surface area contributed by atoms with Crippen LogP contribution in [-0.4, -0.2) is 73.0 Å². The molecule has 1 aliphatic heterocycles. The molecule has 4 aromatic rings. The normalized spacial score (nSPS) is 29.4. The molecule has 1 aliphatic carbocycles. The van der Waals surface area contributed by atoms with Gasteiger partial charge in [-0.1, -0.05) is 36.4 Å². The molecule has 7 atom stereocenters. The Balaban J connectivity index is 1.33. The quantitative estimate of drug-likeness (QED) is 0.143. The van der Waals surface area contributed by atoms with Crippen molar-refractivity contribution in [3.63, 3.8) is 0 Å². The van der Waals surface area contributed by atoms with Gasteiger partial charge < -0.3 is 30.2 Å². The minimum Gasteiger partial charge on any atom is -0.462 e. The number of hydrogen-bond donors (Lipinski definition) is 4. The number of nitrogen functional groups attached to an aromatic ring is 1. The number of nitrogens with one attached hydrogen (secondary N) is 2. The van der Waals surface area contributed by atoms with E-state index in [0.717, 1.165) is 16.9 Å². The zero-order valence-electron chi connectivity index (χ0n) is 24.9. The molecule has 0 bridgehead atoms. The monoisotopic (exact) mass is 663 g/mol. The zero-order chi connectivity index (χ0) is 32.5. The van der Waals surface area contributed by atoms with Crippen molar-refractivity contribution < 1.29 is 37.2 Å². The van der Waals surface area contributed by atoms with Gasteiger partial charge in [-0.2, -0.15) is 9.97 Å². The van der Waals surface area contributed by atoms with Crippen LogP contribution in [0.4, 0.5) is 20.5 Å². The summed E-state index contributed by atoms with van der Waals surface area (Å²) >= 11 is 5.78. The number of aliphatic hydroxyl groups is 1. The van der Waals surface area contributed by atoms with Crippen molar-refractivity contribution in [3.05, 3.63) is 48.8 Å². The number of nitrogens with two attached hydrogens (primary N) is 1. The molecule has 5 N–H and O–H groups in total. The van der Waals surface area contributed by atoms with Crippen LogP contribution in [0, 0.1) is 0 Å². The Bertz CT molecular complexity index is 1860. The Labute approximate surface area is 261 Å². The van der Waals surface area contributed by atoms with Crippen molar-refractivity contribution in [1.82, 2.24) is 24.6 Å². The Hall–Kier alpha value is -3.53. The first-order chi connectivity index (χ1) is 21.1. The van der Waals surface area contributed by atoms with Crippen molar-refractivity contribution >= 4 is 58.1 Å². The largest absolute Gasteiger partial charge is 0.462 e. The average Bonchev–Trinajstić information content (AvgIpc) is 3.21. The van der Waals surface area contributed by atoms with Crippen molar-refractivity contribution in [1.29, 1.82) is 0 Å². The lowest BCUT2D eigenvalue weighted by Crippen LogP contribution is -2.45. The highest BCUT2D eigenvalue weighted by atomic mass is 32.5. The average molecular weight is 664 g/mol. The second-order valence-corrected chi connectivity index (χ2v) is 14.4. The fourth-order valence-electron chi connectivity index (χ4n) is 5.56. The van der Waals surface area contributed by atoms with E-state index in [4.69, 9.17) is 36.1 Å². The Kier molecular flexibility index (Phi) is 7.54. The third-order valence-corrected chi connectivity index (χ3v) is 10.3. The number of esters is 1. The summed E-state index contributed by atoms with van der Waals surface area (Å²) in [5.41, 5.74) is 0.430. The van der Waals surface area contributed by atoms with Crippen molar-refractivity contribution in [2.75, 3.05) is 18.1 Å². The molecule has 1 saturated carbocycles. The molecule has 6 rings (SSSR count). The summed E-state index contributed by atoms with van der Waals surface area (Å²) in [5.74, 6) is -3.36. The number of benzene rings is 2. The number of fused-ring (bicyclic) bond motifs is 3. The first-order valence-electron chi connectivity index (χ1n) is 14.0. The van der Waals surface area contributed by atoms with Crippen molar-refractivity contribution in [3.8, 4) is 5.75 Å². The van der Waals surface area contributed by atoms with E-state index in [1.54, 1.807) is 45.2 Å². The zero-order valence-corrected chi connectivity index (χ0v) is 26.6. The molecule has 0 amide bonds. The second kappa shape index (κ2) is 10.8. The maximum atomic E-state index is 16.7. The smallest absolute Gasteiger partial charge is 0.323 e. The van der Waals surface area contributed by atoms with E-state index in [-0.39, 0.29) is 28.7 Å². The minimum atomic E-state index is -3.95. The van der Waals surface area contributed by atoms with Crippen LogP contribution in [0.3, 0.4) is 0 Å². The van der Waals surface area contributed by atoms with Crippen molar-refractivity contribution in [2.24, 2.45) is 0 Å². The van der Waals surface area contributed by atoms with Gasteiger partial charge in [-0.3, -0.25) is 13.9 Å². The first-order valence-corrected chi connectivity index (χ1v) is 16.7. The van der Waals surface area contributed by atoms with E-state index in [9.17, 15) is 9.90 Å². The number of alkyl halides is 2. The van der Waals surface area contributed by atoms with Gasteiger partial charge >= 0.3 is 12.6 Å². The molecule has 45 heavy (non-hydrogen) atoms. The number of rotatable bonds is 10. The van der Waals surface area contributed by atoms with Gasteiger partial charge in [0.25, 0.3) is 5.85 Å². The molecular weight excluding hydrogens is 631 g/mol. The molecule has 0 radical (unpaired) electrons. The molecule has 1 saturated heterocycles. The summed E-state index contributed by atoms with van der Waals surface area (Å²) in [6.07, 6.45) is -2.92. The molecule has 13 nitrogen and oxygen atoms in total. The van der Waals surface area contributed by atoms with E-state index in [2.05, 4.69) is 25.4 Å². The topological polar surface area (TPSA) is 168 Å². The first kappa shape index (κ1) is 31.5. The summed E-state index contributed by atoms with van der Waals surface area (Å²) in [5, 5.41) is 18.7. The standard InChI is InChI=1S/C28H32F2N7O6PS/c1-14(2)40-22(38)15(3)36-44(45,42-18-12-8-10-16-9-6-7-11-17(16)18)43-23-27(39)26(4,29)24(41-28(23,27)30)37-13-33-19-20(32-5)34-25(31)35-21(19)37/h6-15,23-24,39H,1-5H3,(H,36,45)(H3,31,32,34,35)/t15-,23?,24-,26+,27+,28-,44?/m1/s1. The number of ether oxygens (including phenoxy) is 2. The Morgan fingerprint density at radius 1 is 1.20 bits per heavy atom. The van der Waals surface area contributed by atoms with Crippen LogP contribution in [-0.2, 0) is 30.6 Å². The lowest BCUT2D eigenvalue weighted by molar-refractivity contribution is -0.155. The maximum Gasteiger partial charge on any atom is 0.323 e. The maximum absolute atomic E-state index is 16.7. The van der Waals surface area contributed by atoms with Gasteiger partial charge in [0.1, 0.15) is 11.8 Å². The number of anilines is 2. The number of carbonyl (C=O) groups excluding carboxylic acids is 1. The van der Waals surface area contributed by atoms with Gasteiger partial charge in [0.2, 0.25) is 5.95 Å². The highest BCUT2D eigenvalue weighted by Gasteiger charge is 2.96. The highest BCUT2D eigenvalue weighted by Crippen LogP contribution is 2.73. The number of hydrogen-bond acceptors (Lipinski definition) is 12. The van der Waals surface area contributed by atoms with Gasteiger partial charge in [-0.15, -0.1) is 0 Å². The molecule has 2 aromatic heterocycles. The van der Waals surface area contributed by atoms with Crippen LogP contribution in [0.2, 0.25) is 0 Å². The summed E-state index contributed by atoms with van der Waals surface area (Å²) < 4.78 is 57.4. The van der Waals surface area contributed by atoms with Crippen LogP contribution >= 0.6 is 6.64 Å². The fraction of sp³-hybridized carbons (Fsp3) is 0.429. The van der Waals surface area contributed by atoms with E-state index < -0.39 is 54.2 Å².